The first kappa shape index (κ1) is 18.7. The Kier molecular flexibility index (Phi) is 5.46. The largest absolute Gasteiger partial charge is 0.336 e. The van der Waals surface area contributed by atoms with E-state index < -0.39 is 0 Å². The number of piperazine rings is 1. The lowest BCUT2D eigenvalue weighted by Gasteiger charge is -2.35. The van der Waals surface area contributed by atoms with Crippen LogP contribution < -0.4 is 0 Å². The number of hydrogen-bond donors (Lipinski definition) is 0. The molecule has 2 heterocycles. The molecule has 1 aromatic heterocycles. The molecule has 1 saturated heterocycles. The number of halogens is 1. The van der Waals surface area contributed by atoms with Crippen molar-refractivity contribution in [3.63, 3.8) is 0 Å². The van der Waals surface area contributed by atoms with Gasteiger partial charge in [0.2, 0.25) is 0 Å². The minimum Gasteiger partial charge on any atom is -0.336 e. The van der Waals surface area contributed by atoms with Gasteiger partial charge >= 0.3 is 0 Å². The molecule has 6 heteroatoms. The topological polar surface area (TPSA) is 41.4 Å². The summed E-state index contributed by atoms with van der Waals surface area (Å²) in [6.45, 7) is 3.99. The molecular formula is C22H23ClN4O. The second-order valence-electron chi connectivity index (χ2n) is 7.11. The van der Waals surface area contributed by atoms with Crippen LogP contribution in [-0.4, -0.2) is 51.4 Å². The van der Waals surface area contributed by atoms with Crippen LogP contribution in [0.4, 0.5) is 0 Å². The summed E-state index contributed by atoms with van der Waals surface area (Å²) in [7, 11) is 1.94. The molecule has 0 saturated carbocycles. The van der Waals surface area contributed by atoms with E-state index in [9.17, 15) is 4.79 Å². The zero-order valence-electron chi connectivity index (χ0n) is 15.9. The van der Waals surface area contributed by atoms with Crippen molar-refractivity contribution in [1.29, 1.82) is 0 Å². The molecule has 5 nitrogen and oxygen atoms in total. The maximum atomic E-state index is 13.2. The Hall–Kier alpha value is -2.63. The molecule has 144 valence electrons. The van der Waals surface area contributed by atoms with E-state index in [-0.39, 0.29) is 5.91 Å². The van der Waals surface area contributed by atoms with Crippen LogP contribution in [0.15, 0.2) is 60.9 Å². The predicted octanol–water partition coefficient (Wildman–Crippen LogP) is 3.70. The Bertz CT molecular complexity index is 976. The standard InChI is InChI=1S/C22H23ClN4O/c1-25-10-9-24-21(25)19-7-2-3-8-20(19)22(28)27-13-11-26(12-14-27)16-17-5-4-6-18(23)15-17/h2-10,15H,11-14,16H2,1H3. The number of hydrogen-bond acceptors (Lipinski definition) is 3. The molecule has 3 aromatic rings. The van der Waals surface area contributed by atoms with E-state index in [1.807, 2.05) is 65.2 Å². The van der Waals surface area contributed by atoms with E-state index in [4.69, 9.17) is 11.6 Å². The lowest BCUT2D eigenvalue weighted by atomic mass is 10.0. The molecule has 0 bridgehead atoms. The summed E-state index contributed by atoms with van der Waals surface area (Å²) in [5.41, 5.74) is 2.79. The fourth-order valence-electron chi connectivity index (χ4n) is 3.66. The van der Waals surface area contributed by atoms with E-state index in [0.29, 0.717) is 18.7 Å². The van der Waals surface area contributed by atoms with E-state index in [1.165, 1.54) is 5.56 Å². The molecule has 4 rings (SSSR count). The predicted molar refractivity (Wildman–Crippen MR) is 111 cm³/mol. The summed E-state index contributed by atoms with van der Waals surface area (Å²) in [6.07, 6.45) is 3.65. The second-order valence-corrected chi connectivity index (χ2v) is 7.54. The zero-order valence-corrected chi connectivity index (χ0v) is 16.6. The van der Waals surface area contributed by atoms with Crippen molar-refractivity contribution < 1.29 is 4.79 Å². The van der Waals surface area contributed by atoms with Crippen molar-refractivity contribution in [2.45, 2.75) is 6.54 Å². The molecule has 0 N–H and O–H groups in total. The molecule has 1 amide bonds. The van der Waals surface area contributed by atoms with Crippen LogP contribution in [0.2, 0.25) is 5.02 Å². The summed E-state index contributed by atoms with van der Waals surface area (Å²) in [6, 6.07) is 15.7. The number of amides is 1. The number of nitrogens with zero attached hydrogens (tertiary/aromatic N) is 4. The first-order chi connectivity index (χ1) is 13.6. The van der Waals surface area contributed by atoms with Gasteiger partial charge in [0.05, 0.1) is 5.56 Å². The van der Waals surface area contributed by atoms with Crippen LogP contribution in [0.1, 0.15) is 15.9 Å². The van der Waals surface area contributed by atoms with Crippen molar-refractivity contribution in [2.75, 3.05) is 26.2 Å². The SMILES string of the molecule is Cn1ccnc1-c1ccccc1C(=O)N1CCN(Cc2cccc(Cl)c2)CC1. The van der Waals surface area contributed by atoms with Crippen LogP contribution in [0.25, 0.3) is 11.4 Å². The lowest BCUT2D eigenvalue weighted by molar-refractivity contribution is 0.0629. The maximum absolute atomic E-state index is 13.2. The fraction of sp³-hybridized carbons (Fsp3) is 0.273. The van der Waals surface area contributed by atoms with E-state index in [0.717, 1.165) is 36.0 Å². The Morgan fingerprint density at radius 2 is 1.86 bits per heavy atom. The Morgan fingerprint density at radius 1 is 1.07 bits per heavy atom. The van der Waals surface area contributed by atoms with Crippen LogP contribution in [0.3, 0.4) is 0 Å². The fourth-order valence-corrected chi connectivity index (χ4v) is 3.88. The molecule has 0 spiro atoms. The molecule has 0 unspecified atom stereocenters. The van der Waals surface area contributed by atoms with Gasteiger partial charge < -0.3 is 9.47 Å². The quantitative estimate of drug-likeness (QED) is 0.677. The van der Waals surface area contributed by atoms with Gasteiger partial charge in [0, 0.05) is 62.8 Å². The minimum atomic E-state index is 0.0704. The van der Waals surface area contributed by atoms with Gasteiger partial charge in [0.25, 0.3) is 5.91 Å². The van der Waals surface area contributed by atoms with Crippen molar-refractivity contribution in [3.8, 4) is 11.4 Å². The van der Waals surface area contributed by atoms with Gasteiger partial charge in [-0.25, -0.2) is 4.98 Å². The Balaban J connectivity index is 1.44. The number of benzene rings is 2. The van der Waals surface area contributed by atoms with Gasteiger partial charge in [-0.3, -0.25) is 9.69 Å². The van der Waals surface area contributed by atoms with Crippen molar-refractivity contribution >= 4 is 17.5 Å². The highest BCUT2D eigenvalue weighted by Crippen LogP contribution is 2.23. The zero-order chi connectivity index (χ0) is 19.5. The summed E-state index contributed by atoms with van der Waals surface area (Å²) < 4.78 is 1.94. The summed E-state index contributed by atoms with van der Waals surface area (Å²) in [4.78, 5) is 21.9. The molecule has 0 aliphatic carbocycles. The monoisotopic (exact) mass is 394 g/mol. The van der Waals surface area contributed by atoms with Gasteiger partial charge in [0.1, 0.15) is 5.82 Å². The minimum absolute atomic E-state index is 0.0704. The highest BCUT2D eigenvalue weighted by Gasteiger charge is 2.24. The maximum Gasteiger partial charge on any atom is 0.254 e. The van der Waals surface area contributed by atoms with E-state index >= 15 is 0 Å². The van der Waals surface area contributed by atoms with E-state index in [1.54, 1.807) is 6.20 Å². The molecule has 2 aromatic carbocycles. The van der Waals surface area contributed by atoms with Gasteiger partial charge in [-0.1, -0.05) is 41.9 Å². The van der Waals surface area contributed by atoms with Gasteiger partial charge in [-0.15, -0.1) is 0 Å². The number of aryl methyl sites for hydroxylation is 1. The van der Waals surface area contributed by atoms with Crippen molar-refractivity contribution in [3.05, 3.63) is 77.1 Å². The van der Waals surface area contributed by atoms with Crippen LogP contribution in [0, 0.1) is 0 Å². The number of imidazole rings is 1. The number of carbonyl (C=O) groups excluding carboxylic acids is 1. The third-order valence-corrected chi connectivity index (χ3v) is 5.41. The Labute approximate surface area is 170 Å². The van der Waals surface area contributed by atoms with Gasteiger partial charge in [-0.2, -0.15) is 0 Å². The highest BCUT2D eigenvalue weighted by atomic mass is 35.5. The molecule has 0 radical (unpaired) electrons. The summed E-state index contributed by atoms with van der Waals surface area (Å²) in [5, 5.41) is 0.761. The smallest absolute Gasteiger partial charge is 0.254 e. The summed E-state index contributed by atoms with van der Waals surface area (Å²) in [5.74, 6) is 0.879. The molecule has 28 heavy (non-hydrogen) atoms. The average molecular weight is 395 g/mol. The highest BCUT2D eigenvalue weighted by molar-refractivity contribution is 6.30. The first-order valence-electron chi connectivity index (χ1n) is 9.44. The van der Waals surface area contributed by atoms with Crippen LogP contribution >= 0.6 is 11.6 Å². The van der Waals surface area contributed by atoms with Crippen LogP contribution in [-0.2, 0) is 13.6 Å². The molecule has 1 aliphatic rings. The van der Waals surface area contributed by atoms with Crippen LogP contribution in [0.5, 0.6) is 0 Å². The third kappa shape index (κ3) is 3.96. The third-order valence-electron chi connectivity index (χ3n) is 5.17. The molecule has 1 aliphatic heterocycles. The average Bonchev–Trinajstić information content (AvgIpc) is 3.14. The number of rotatable bonds is 4. The lowest BCUT2D eigenvalue weighted by Crippen LogP contribution is -2.48. The molecule has 0 atom stereocenters. The van der Waals surface area contributed by atoms with Crippen molar-refractivity contribution in [1.82, 2.24) is 19.4 Å². The second kappa shape index (κ2) is 8.17. The molecule has 1 fully saturated rings. The van der Waals surface area contributed by atoms with Crippen molar-refractivity contribution in [2.24, 2.45) is 7.05 Å². The van der Waals surface area contributed by atoms with E-state index in [2.05, 4.69) is 16.0 Å². The molecular weight excluding hydrogens is 372 g/mol. The normalized spacial score (nSPS) is 15.0. The van der Waals surface area contributed by atoms with Gasteiger partial charge in [-0.05, 0) is 23.8 Å². The number of carbonyl (C=O) groups is 1. The van der Waals surface area contributed by atoms with Gasteiger partial charge in [0.15, 0.2) is 0 Å². The Morgan fingerprint density at radius 3 is 2.57 bits per heavy atom. The first-order valence-corrected chi connectivity index (χ1v) is 9.82. The number of aromatic nitrogens is 2. The summed E-state index contributed by atoms with van der Waals surface area (Å²) >= 11 is 6.09.